The zero-order chi connectivity index (χ0) is 12.9. The number of benzene rings is 1. The van der Waals surface area contributed by atoms with Crippen molar-refractivity contribution < 1.29 is 0 Å². The number of fused-ring (bicyclic) bond motifs is 3. The number of rotatable bonds is 0. The maximum absolute atomic E-state index is 4.46. The minimum atomic E-state index is 0.165. The third-order valence-electron chi connectivity index (χ3n) is 3.67. The Kier molecular flexibility index (Phi) is 2.27. The molecular formula is C15H19N3. The molecule has 94 valence electrons. The van der Waals surface area contributed by atoms with Gasteiger partial charge in [-0.1, -0.05) is 26.8 Å². The number of H-pyrrole nitrogens is 1. The molecular weight excluding hydrogens is 222 g/mol. The highest BCUT2D eigenvalue weighted by Crippen LogP contribution is 2.37. The van der Waals surface area contributed by atoms with Crippen molar-refractivity contribution in [2.45, 2.75) is 39.7 Å². The van der Waals surface area contributed by atoms with E-state index in [1.54, 1.807) is 0 Å². The summed E-state index contributed by atoms with van der Waals surface area (Å²) in [4.78, 5) is 0. The average molecular weight is 241 g/mol. The number of aryl methyl sites for hydroxylation is 1. The summed E-state index contributed by atoms with van der Waals surface area (Å²) in [6.07, 6.45) is 0. The van der Waals surface area contributed by atoms with Crippen LogP contribution in [-0.2, 0) is 12.0 Å². The molecule has 2 N–H and O–H groups in total. The lowest BCUT2D eigenvalue weighted by molar-refractivity contribution is 0.590. The second kappa shape index (κ2) is 3.61. The number of aromatic nitrogens is 2. The molecule has 0 unspecified atom stereocenters. The summed E-state index contributed by atoms with van der Waals surface area (Å²) in [5, 5.41) is 11.0. The van der Waals surface area contributed by atoms with Crippen molar-refractivity contribution in [3.63, 3.8) is 0 Å². The fourth-order valence-electron chi connectivity index (χ4n) is 2.44. The van der Waals surface area contributed by atoms with Crippen LogP contribution < -0.4 is 5.32 Å². The highest BCUT2D eigenvalue weighted by Gasteiger charge is 2.22. The van der Waals surface area contributed by atoms with Gasteiger partial charge in [0.25, 0.3) is 0 Å². The number of nitrogens with one attached hydrogen (secondary N) is 2. The van der Waals surface area contributed by atoms with Crippen LogP contribution in [-0.4, -0.2) is 10.2 Å². The first-order valence-corrected chi connectivity index (χ1v) is 6.39. The second-order valence-corrected chi connectivity index (χ2v) is 6.04. The summed E-state index contributed by atoms with van der Waals surface area (Å²) in [6, 6.07) is 6.64. The van der Waals surface area contributed by atoms with E-state index in [1.165, 1.54) is 22.4 Å². The molecule has 0 bridgehead atoms. The molecule has 2 aromatic rings. The zero-order valence-electron chi connectivity index (χ0n) is 11.4. The van der Waals surface area contributed by atoms with E-state index in [2.05, 4.69) is 61.4 Å². The van der Waals surface area contributed by atoms with Crippen LogP contribution in [0.15, 0.2) is 18.2 Å². The van der Waals surface area contributed by atoms with Gasteiger partial charge < -0.3 is 5.32 Å². The van der Waals surface area contributed by atoms with Gasteiger partial charge in [0.05, 0.1) is 5.69 Å². The van der Waals surface area contributed by atoms with Gasteiger partial charge in [-0.2, -0.15) is 5.10 Å². The van der Waals surface area contributed by atoms with Gasteiger partial charge in [0, 0.05) is 29.1 Å². The van der Waals surface area contributed by atoms with Gasteiger partial charge in [-0.15, -0.1) is 0 Å². The van der Waals surface area contributed by atoms with Gasteiger partial charge in [0.15, 0.2) is 0 Å². The highest BCUT2D eigenvalue weighted by molar-refractivity contribution is 5.81. The van der Waals surface area contributed by atoms with E-state index >= 15 is 0 Å². The van der Waals surface area contributed by atoms with Crippen molar-refractivity contribution in [3.05, 3.63) is 35.0 Å². The summed E-state index contributed by atoms with van der Waals surface area (Å²) in [6.45, 7) is 9.65. The lowest BCUT2D eigenvalue weighted by Gasteiger charge is -2.24. The standard InChI is InChI=1S/C15H19N3/c1-9-12-8-16-13-6-5-10(15(2,3)4)7-11(13)14(12)18-17-9/h5-7,16H,8H2,1-4H3,(H,17,18). The molecule has 1 aromatic carbocycles. The lowest BCUT2D eigenvalue weighted by atomic mass is 9.84. The minimum Gasteiger partial charge on any atom is -0.380 e. The van der Waals surface area contributed by atoms with Crippen LogP contribution in [0.1, 0.15) is 37.6 Å². The number of hydrogen-bond acceptors (Lipinski definition) is 2. The Hall–Kier alpha value is -1.77. The zero-order valence-corrected chi connectivity index (χ0v) is 11.4. The summed E-state index contributed by atoms with van der Waals surface area (Å²) >= 11 is 0. The van der Waals surface area contributed by atoms with Crippen LogP contribution in [0.5, 0.6) is 0 Å². The topological polar surface area (TPSA) is 40.7 Å². The molecule has 0 saturated heterocycles. The minimum absolute atomic E-state index is 0.165. The predicted octanol–water partition coefficient (Wildman–Crippen LogP) is 3.61. The summed E-state index contributed by atoms with van der Waals surface area (Å²) < 4.78 is 0. The Morgan fingerprint density at radius 2 is 2.00 bits per heavy atom. The van der Waals surface area contributed by atoms with Crippen molar-refractivity contribution >= 4 is 5.69 Å². The summed E-state index contributed by atoms with van der Waals surface area (Å²) in [7, 11) is 0. The Labute approximate surface area is 108 Å². The quantitative estimate of drug-likeness (QED) is 0.739. The van der Waals surface area contributed by atoms with Crippen molar-refractivity contribution in [2.75, 3.05) is 5.32 Å². The maximum atomic E-state index is 4.46. The number of nitrogens with zero attached hydrogens (tertiary/aromatic N) is 1. The average Bonchev–Trinajstić information content (AvgIpc) is 2.70. The van der Waals surface area contributed by atoms with Crippen LogP contribution in [0.4, 0.5) is 5.69 Å². The van der Waals surface area contributed by atoms with Crippen molar-refractivity contribution in [1.82, 2.24) is 10.2 Å². The molecule has 18 heavy (non-hydrogen) atoms. The van der Waals surface area contributed by atoms with Gasteiger partial charge >= 0.3 is 0 Å². The molecule has 1 aromatic heterocycles. The van der Waals surface area contributed by atoms with E-state index in [9.17, 15) is 0 Å². The van der Waals surface area contributed by atoms with E-state index in [0.717, 1.165) is 17.9 Å². The first kappa shape index (κ1) is 11.3. The summed E-state index contributed by atoms with van der Waals surface area (Å²) in [5.41, 5.74) is 7.45. The Morgan fingerprint density at radius 1 is 1.22 bits per heavy atom. The van der Waals surface area contributed by atoms with E-state index < -0.39 is 0 Å². The van der Waals surface area contributed by atoms with Gasteiger partial charge in [-0.3, -0.25) is 5.10 Å². The van der Waals surface area contributed by atoms with Crippen LogP contribution in [0.25, 0.3) is 11.3 Å². The molecule has 0 aliphatic carbocycles. The molecule has 3 nitrogen and oxygen atoms in total. The fourth-order valence-corrected chi connectivity index (χ4v) is 2.44. The monoisotopic (exact) mass is 241 g/mol. The van der Waals surface area contributed by atoms with E-state index in [1.807, 2.05) is 0 Å². The highest BCUT2D eigenvalue weighted by atomic mass is 15.1. The molecule has 3 rings (SSSR count). The normalized spacial score (nSPS) is 13.8. The Bertz CT molecular complexity index is 603. The second-order valence-electron chi connectivity index (χ2n) is 6.04. The molecule has 0 atom stereocenters. The smallest absolute Gasteiger partial charge is 0.0994 e. The number of aromatic amines is 1. The largest absolute Gasteiger partial charge is 0.380 e. The van der Waals surface area contributed by atoms with Gasteiger partial charge in [-0.25, -0.2) is 0 Å². The first-order chi connectivity index (χ1) is 8.47. The van der Waals surface area contributed by atoms with Crippen molar-refractivity contribution in [1.29, 1.82) is 0 Å². The molecule has 1 aliphatic rings. The molecule has 0 fully saturated rings. The van der Waals surface area contributed by atoms with E-state index in [-0.39, 0.29) is 5.41 Å². The van der Waals surface area contributed by atoms with Crippen LogP contribution >= 0.6 is 0 Å². The Morgan fingerprint density at radius 3 is 2.72 bits per heavy atom. The van der Waals surface area contributed by atoms with Crippen LogP contribution in [0, 0.1) is 6.92 Å². The summed E-state index contributed by atoms with van der Waals surface area (Å²) in [5.74, 6) is 0. The molecule has 0 saturated carbocycles. The van der Waals surface area contributed by atoms with E-state index in [0.29, 0.717) is 0 Å². The third-order valence-corrected chi connectivity index (χ3v) is 3.67. The molecule has 1 aliphatic heterocycles. The SMILES string of the molecule is Cc1[nH]nc2c1CNc1ccc(C(C)(C)C)cc1-2. The van der Waals surface area contributed by atoms with Crippen LogP contribution in [0.3, 0.4) is 0 Å². The van der Waals surface area contributed by atoms with Gasteiger partial charge in [0.2, 0.25) is 0 Å². The predicted molar refractivity (Wildman–Crippen MR) is 74.8 cm³/mol. The van der Waals surface area contributed by atoms with Crippen molar-refractivity contribution in [2.24, 2.45) is 0 Å². The lowest BCUT2D eigenvalue weighted by Crippen LogP contribution is -2.13. The molecule has 0 amide bonds. The maximum Gasteiger partial charge on any atom is 0.0994 e. The number of hydrogen-bond donors (Lipinski definition) is 2. The van der Waals surface area contributed by atoms with Crippen LogP contribution in [0.2, 0.25) is 0 Å². The molecule has 2 heterocycles. The third kappa shape index (κ3) is 1.62. The van der Waals surface area contributed by atoms with E-state index in [4.69, 9.17) is 0 Å². The van der Waals surface area contributed by atoms with Crippen molar-refractivity contribution in [3.8, 4) is 11.3 Å². The molecule has 3 heteroatoms. The molecule has 0 spiro atoms. The van der Waals surface area contributed by atoms with Gasteiger partial charge in [-0.05, 0) is 30.0 Å². The molecule has 0 radical (unpaired) electrons. The first-order valence-electron chi connectivity index (χ1n) is 6.39. The fraction of sp³-hybridized carbons (Fsp3) is 0.400. The Balaban J connectivity index is 2.19. The number of anilines is 1. The van der Waals surface area contributed by atoms with Gasteiger partial charge in [0.1, 0.15) is 0 Å².